The van der Waals surface area contributed by atoms with E-state index in [1.54, 1.807) is 11.3 Å². The summed E-state index contributed by atoms with van der Waals surface area (Å²) >= 11 is 1.57. The summed E-state index contributed by atoms with van der Waals surface area (Å²) < 4.78 is 1.13. The third-order valence-corrected chi connectivity index (χ3v) is 4.01. The summed E-state index contributed by atoms with van der Waals surface area (Å²) in [7, 11) is 0. The third kappa shape index (κ3) is 3.17. The number of nitrogens with one attached hydrogen (secondary N) is 1. The van der Waals surface area contributed by atoms with Crippen molar-refractivity contribution in [2.45, 2.75) is 13.5 Å². The predicted molar refractivity (Wildman–Crippen MR) is 92.9 cm³/mol. The fourth-order valence-corrected chi connectivity index (χ4v) is 2.80. The minimum Gasteiger partial charge on any atom is -0.295 e. The number of hydrogen-bond acceptors (Lipinski definition) is 6. The second-order valence-electron chi connectivity index (χ2n) is 4.69. The van der Waals surface area contributed by atoms with Crippen LogP contribution in [0.25, 0.3) is 10.2 Å². The van der Waals surface area contributed by atoms with Crippen LogP contribution >= 0.6 is 11.3 Å². The van der Waals surface area contributed by atoms with Crippen LogP contribution in [0.15, 0.2) is 52.6 Å². The van der Waals surface area contributed by atoms with E-state index < -0.39 is 0 Å². The van der Waals surface area contributed by atoms with Crippen molar-refractivity contribution in [1.29, 1.82) is 0 Å². The highest BCUT2D eigenvalue weighted by Gasteiger charge is 2.04. The minimum absolute atomic E-state index is 0.506. The van der Waals surface area contributed by atoms with Gasteiger partial charge < -0.3 is 0 Å². The topological polar surface area (TPSA) is 62.5 Å². The van der Waals surface area contributed by atoms with Crippen molar-refractivity contribution in [3.63, 3.8) is 0 Å². The Labute approximate surface area is 132 Å². The Balaban J connectivity index is 1.79. The molecule has 0 aliphatic carbocycles. The molecule has 2 aromatic heterocycles. The number of hydrogen-bond donors (Lipinski definition) is 1. The second-order valence-corrected chi connectivity index (χ2v) is 5.72. The molecule has 0 saturated carbocycles. The highest BCUT2D eigenvalue weighted by atomic mass is 32.1. The summed E-state index contributed by atoms with van der Waals surface area (Å²) in [5.41, 5.74) is 6.46. The van der Waals surface area contributed by atoms with Gasteiger partial charge in [0.2, 0.25) is 5.13 Å². The van der Waals surface area contributed by atoms with Crippen LogP contribution in [0.1, 0.15) is 18.3 Å². The average molecular weight is 309 g/mol. The van der Waals surface area contributed by atoms with Crippen molar-refractivity contribution in [2.24, 2.45) is 10.1 Å². The molecule has 5 nitrogen and oxygen atoms in total. The number of para-hydroxylation sites is 1. The maximum Gasteiger partial charge on any atom is 0.204 e. The van der Waals surface area contributed by atoms with E-state index in [4.69, 9.17) is 0 Å². The molecule has 0 aliphatic rings. The first kappa shape index (κ1) is 14.3. The van der Waals surface area contributed by atoms with Crippen LogP contribution in [0.5, 0.6) is 0 Å². The first-order chi connectivity index (χ1) is 10.8. The van der Waals surface area contributed by atoms with Gasteiger partial charge in [-0.05, 0) is 37.9 Å². The van der Waals surface area contributed by atoms with E-state index in [0.717, 1.165) is 32.4 Å². The molecule has 22 heavy (non-hydrogen) atoms. The van der Waals surface area contributed by atoms with Crippen molar-refractivity contribution in [2.75, 3.05) is 5.43 Å². The number of pyridine rings is 1. The minimum atomic E-state index is 0.506. The number of fused-ring (bicyclic) bond motifs is 1. The second kappa shape index (κ2) is 6.44. The molecule has 0 unspecified atom stereocenters. The van der Waals surface area contributed by atoms with Crippen LogP contribution in [0, 0.1) is 0 Å². The van der Waals surface area contributed by atoms with Gasteiger partial charge in [-0.25, -0.2) is 9.97 Å². The van der Waals surface area contributed by atoms with Crippen molar-refractivity contribution < 1.29 is 0 Å². The number of rotatable bonds is 5. The van der Waals surface area contributed by atoms with Crippen molar-refractivity contribution >= 4 is 39.1 Å². The highest BCUT2D eigenvalue weighted by Crippen LogP contribution is 2.25. The lowest BCUT2D eigenvalue weighted by atomic mass is 10.2. The Morgan fingerprint density at radius 2 is 2.05 bits per heavy atom. The van der Waals surface area contributed by atoms with Crippen LogP contribution < -0.4 is 5.43 Å². The molecular weight excluding hydrogens is 294 g/mol. The maximum absolute atomic E-state index is 4.50. The number of nitrogens with zero attached hydrogens (tertiary/aromatic N) is 4. The number of anilines is 1. The zero-order valence-electron chi connectivity index (χ0n) is 12.2. The molecule has 110 valence electrons. The Hall–Kier alpha value is -2.60. The average Bonchev–Trinajstić information content (AvgIpc) is 2.96. The van der Waals surface area contributed by atoms with Crippen LogP contribution in [-0.2, 0) is 6.54 Å². The van der Waals surface area contributed by atoms with Crippen LogP contribution in [0.4, 0.5) is 5.13 Å². The summed E-state index contributed by atoms with van der Waals surface area (Å²) in [5.74, 6) is 0. The fourth-order valence-electron chi connectivity index (χ4n) is 1.99. The molecule has 0 spiro atoms. The molecule has 6 heteroatoms. The van der Waals surface area contributed by atoms with Crippen molar-refractivity contribution in [3.8, 4) is 0 Å². The molecule has 0 saturated heterocycles. The number of aliphatic imine (C=N–C) groups is 1. The Bertz CT molecular complexity index is 804. The third-order valence-electron chi connectivity index (χ3n) is 3.06. The van der Waals surface area contributed by atoms with E-state index in [0.29, 0.717) is 6.54 Å². The first-order valence-corrected chi connectivity index (χ1v) is 7.62. The van der Waals surface area contributed by atoms with E-state index in [1.165, 1.54) is 0 Å². The molecule has 0 fully saturated rings. The lowest BCUT2D eigenvalue weighted by Crippen LogP contribution is -2.03. The van der Waals surface area contributed by atoms with Gasteiger partial charge in [0, 0.05) is 0 Å². The SMILES string of the molecule is C=NCc1cccc(/C(C)=N/Nc2nc3ccccc3s2)n1. The molecule has 1 N–H and O–H groups in total. The summed E-state index contributed by atoms with van der Waals surface area (Å²) in [4.78, 5) is 12.8. The quantitative estimate of drug-likeness (QED) is 0.577. The summed E-state index contributed by atoms with van der Waals surface area (Å²) in [5, 5.41) is 5.13. The first-order valence-electron chi connectivity index (χ1n) is 6.81. The van der Waals surface area contributed by atoms with Gasteiger partial charge in [0.1, 0.15) is 0 Å². The molecule has 1 aromatic carbocycles. The van der Waals surface area contributed by atoms with Crippen molar-refractivity contribution in [3.05, 3.63) is 53.9 Å². The van der Waals surface area contributed by atoms with Gasteiger partial charge in [-0.2, -0.15) is 5.10 Å². The van der Waals surface area contributed by atoms with Gasteiger partial charge in [0.05, 0.1) is 33.9 Å². The fraction of sp³-hybridized carbons (Fsp3) is 0.125. The normalized spacial score (nSPS) is 11.6. The van der Waals surface area contributed by atoms with Gasteiger partial charge in [0.15, 0.2) is 0 Å². The number of thiazole rings is 1. The summed E-state index contributed by atoms with van der Waals surface area (Å²) in [6.45, 7) is 5.90. The lowest BCUT2D eigenvalue weighted by molar-refractivity contribution is 0.992. The van der Waals surface area contributed by atoms with Crippen LogP contribution in [0.3, 0.4) is 0 Å². The summed E-state index contributed by atoms with van der Waals surface area (Å²) in [6, 6.07) is 13.8. The smallest absolute Gasteiger partial charge is 0.204 e. The zero-order chi connectivity index (χ0) is 15.4. The standard InChI is InChI=1S/C16H15N5S/c1-11(13-8-5-6-12(18-13)10-17-2)20-21-16-19-14-7-3-4-9-15(14)22-16/h3-9H,2,10H2,1H3,(H,19,21)/b20-11+. The highest BCUT2D eigenvalue weighted by molar-refractivity contribution is 7.22. The zero-order valence-corrected chi connectivity index (χ0v) is 13.0. The molecule has 0 radical (unpaired) electrons. The number of benzene rings is 1. The van der Waals surface area contributed by atoms with Gasteiger partial charge in [-0.15, -0.1) is 0 Å². The monoisotopic (exact) mass is 309 g/mol. The van der Waals surface area contributed by atoms with E-state index in [2.05, 4.69) is 32.2 Å². The molecule has 0 amide bonds. The Morgan fingerprint density at radius 3 is 2.86 bits per heavy atom. The molecular formula is C16H15N5S. The molecule has 2 heterocycles. The maximum atomic E-state index is 4.50. The van der Waals surface area contributed by atoms with Crippen LogP contribution in [0.2, 0.25) is 0 Å². The van der Waals surface area contributed by atoms with Gasteiger partial charge in [-0.3, -0.25) is 10.4 Å². The molecule has 0 atom stereocenters. The van der Waals surface area contributed by atoms with E-state index in [-0.39, 0.29) is 0 Å². The Morgan fingerprint density at radius 1 is 1.18 bits per heavy atom. The molecule has 3 aromatic rings. The summed E-state index contributed by atoms with van der Waals surface area (Å²) in [6.07, 6.45) is 0. The lowest BCUT2D eigenvalue weighted by Gasteiger charge is -2.02. The van der Waals surface area contributed by atoms with Crippen LogP contribution in [-0.4, -0.2) is 22.4 Å². The molecule has 0 bridgehead atoms. The van der Waals surface area contributed by atoms with Crippen molar-refractivity contribution in [1.82, 2.24) is 9.97 Å². The largest absolute Gasteiger partial charge is 0.295 e. The Kier molecular flexibility index (Phi) is 4.20. The number of aromatic nitrogens is 2. The molecule has 0 aliphatic heterocycles. The van der Waals surface area contributed by atoms with E-state index in [1.807, 2.05) is 49.4 Å². The van der Waals surface area contributed by atoms with E-state index >= 15 is 0 Å². The molecule has 3 rings (SSSR count). The van der Waals surface area contributed by atoms with Gasteiger partial charge in [-0.1, -0.05) is 29.5 Å². The van der Waals surface area contributed by atoms with Gasteiger partial charge in [0.25, 0.3) is 0 Å². The predicted octanol–water partition coefficient (Wildman–Crippen LogP) is 3.73. The van der Waals surface area contributed by atoms with E-state index in [9.17, 15) is 0 Å². The number of hydrazone groups is 1. The van der Waals surface area contributed by atoms with Gasteiger partial charge >= 0.3 is 0 Å².